The van der Waals surface area contributed by atoms with Crippen molar-refractivity contribution in [1.82, 2.24) is 19.5 Å². The maximum atomic E-state index is 15.1. The van der Waals surface area contributed by atoms with Crippen LogP contribution in [0.1, 0.15) is 25.5 Å². The Morgan fingerprint density at radius 2 is 1.79 bits per heavy atom. The maximum absolute atomic E-state index is 15.1. The molecule has 2 aromatic heterocycles. The fourth-order valence-corrected chi connectivity index (χ4v) is 3.30. The Morgan fingerprint density at radius 1 is 1.00 bits per heavy atom. The van der Waals surface area contributed by atoms with Gasteiger partial charge in [-0.3, -0.25) is 9.97 Å². The van der Waals surface area contributed by atoms with Crippen LogP contribution in [0.5, 0.6) is 0 Å². The fraction of sp³-hybridized carbons (Fsp3) is 0.143. The van der Waals surface area contributed by atoms with Crippen LogP contribution in [0, 0.1) is 28.8 Å². The SMILES string of the molecule is CC(C)n1cnc2cc(-c3c(F)c(F)c(C#N)c(F)c3-c3cnccn3)ccc21. The third-order valence-corrected chi connectivity index (χ3v) is 4.67. The summed E-state index contributed by atoms with van der Waals surface area (Å²) in [5.74, 6) is -4.05. The highest BCUT2D eigenvalue weighted by atomic mass is 19.2. The van der Waals surface area contributed by atoms with Crippen LogP contribution in [0.4, 0.5) is 13.2 Å². The standard InChI is InChI=1S/C21H14F3N5/c1-11(2)29-10-28-14-7-12(3-4-16(14)29)17-18(15-9-26-5-6-27-15)19(22)13(8-25)20(23)21(17)24/h3-7,9-11H,1-2H3. The van der Waals surface area contributed by atoms with Crippen molar-refractivity contribution >= 4 is 11.0 Å². The molecule has 0 unspecified atom stereocenters. The number of halogens is 3. The van der Waals surface area contributed by atoms with E-state index in [0.29, 0.717) is 5.52 Å². The highest BCUT2D eigenvalue weighted by Crippen LogP contribution is 2.39. The molecule has 5 nitrogen and oxygen atoms in total. The summed E-state index contributed by atoms with van der Waals surface area (Å²) in [4.78, 5) is 12.2. The highest BCUT2D eigenvalue weighted by Gasteiger charge is 2.28. The van der Waals surface area contributed by atoms with Crippen molar-refractivity contribution in [2.45, 2.75) is 19.9 Å². The summed E-state index contributed by atoms with van der Waals surface area (Å²) in [5, 5.41) is 9.11. The minimum absolute atomic E-state index is 0.0109. The number of benzene rings is 2. The van der Waals surface area contributed by atoms with Crippen LogP contribution in [0.25, 0.3) is 33.4 Å². The summed E-state index contributed by atoms with van der Waals surface area (Å²) in [6, 6.07) is 6.37. The largest absolute Gasteiger partial charge is 0.328 e. The van der Waals surface area contributed by atoms with Gasteiger partial charge in [-0.15, -0.1) is 0 Å². The molecule has 0 radical (unpaired) electrons. The van der Waals surface area contributed by atoms with Gasteiger partial charge in [-0.25, -0.2) is 18.2 Å². The Labute approximate surface area is 164 Å². The van der Waals surface area contributed by atoms with Gasteiger partial charge in [-0.1, -0.05) is 6.07 Å². The molecule has 2 aromatic carbocycles. The van der Waals surface area contributed by atoms with Gasteiger partial charge < -0.3 is 4.57 Å². The van der Waals surface area contributed by atoms with E-state index in [1.54, 1.807) is 24.5 Å². The quantitative estimate of drug-likeness (QED) is 0.458. The molecule has 2 heterocycles. The van der Waals surface area contributed by atoms with Crippen molar-refractivity contribution in [2.75, 3.05) is 0 Å². The lowest BCUT2D eigenvalue weighted by atomic mass is 9.93. The number of rotatable bonds is 3. The molecule has 29 heavy (non-hydrogen) atoms. The zero-order chi connectivity index (χ0) is 20.7. The lowest BCUT2D eigenvalue weighted by Crippen LogP contribution is -2.04. The van der Waals surface area contributed by atoms with Gasteiger partial charge in [-0.2, -0.15) is 5.26 Å². The molecule has 0 aliphatic rings. The van der Waals surface area contributed by atoms with E-state index in [1.807, 2.05) is 18.4 Å². The molecule has 0 aliphatic heterocycles. The summed E-state index contributed by atoms with van der Waals surface area (Å²) in [6.07, 6.45) is 5.56. The first kappa shape index (κ1) is 18.6. The first-order chi connectivity index (χ1) is 13.9. The summed E-state index contributed by atoms with van der Waals surface area (Å²) < 4.78 is 46.4. The van der Waals surface area contributed by atoms with Crippen molar-refractivity contribution < 1.29 is 13.2 Å². The first-order valence-corrected chi connectivity index (χ1v) is 8.78. The van der Waals surface area contributed by atoms with E-state index < -0.39 is 23.0 Å². The van der Waals surface area contributed by atoms with E-state index in [-0.39, 0.29) is 28.4 Å². The van der Waals surface area contributed by atoms with E-state index in [4.69, 9.17) is 5.26 Å². The maximum Gasteiger partial charge on any atom is 0.180 e. The van der Waals surface area contributed by atoms with Gasteiger partial charge in [0.05, 0.1) is 29.3 Å². The fourth-order valence-electron chi connectivity index (χ4n) is 3.30. The van der Waals surface area contributed by atoms with Crippen LogP contribution in [0.15, 0.2) is 43.1 Å². The third-order valence-electron chi connectivity index (χ3n) is 4.67. The molecule has 0 amide bonds. The predicted octanol–water partition coefficient (Wildman–Crippen LogP) is 5.03. The van der Waals surface area contributed by atoms with E-state index >= 15 is 8.78 Å². The number of fused-ring (bicyclic) bond motifs is 1. The monoisotopic (exact) mass is 393 g/mol. The normalized spacial score (nSPS) is 11.2. The second kappa shape index (κ2) is 7.02. The van der Waals surface area contributed by atoms with Gasteiger partial charge in [0.15, 0.2) is 17.5 Å². The van der Waals surface area contributed by atoms with E-state index in [2.05, 4.69) is 15.0 Å². The summed E-state index contributed by atoms with van der Waals surface area (Å²) in [6.45, 7) is 3.98. The molecule has 0 N–H and O–H groups in total. The minimum Gasteiger partial charge on any atom is -0.328 e. The Balaban J connectivity index is 2.06. The Kier molecular flexibility index (Phi) is 4.51. The lowest BCUT2D eigenvalue weighted by molar-refractivity contribution is 0.495. The Hall–Kier alpha value is -3.73. The zero-order valence-corrected chi connectivity index (χ0v) is 15.5. The number of nitrogens with zero attached hydrogens (tertiary/aromatic N) is 5. The van der Waals surface area contributed by atoms with E-state index in [0.717, 1.165) is 5.52 Å². The van der Waals surface area contributed by atoms with Gasteiger partial charge in [0.25, 0.3) is 0 Å². The summed E-state index contributed by atoms with van der Waals surface area (Å²) in [5.41, 5.74) is -0.102. The first-order valence-electron chi connectivity index (χ1n) is 8.78. The van der Waals surface area contributed by atoms with Gasteiger partial charge in [-0.05, 0) is 31.5 Å². The molecule has 4 rings (SSSR count). The Bertz CT molecular complexity index is 1270. The number of hydrogen-bond donors (Lipinski definition) is 0. The molecular weight excluding hydrogens is 379 g/mol. The smallest absolute Gasteiger partial charge is 0.180 e. The topological polar surface area (TPSA) is 67.4 Å². The lowest BCUT2D eigenvalue weighted by Gasteiger charge is -2.14. The molecule has 144 valence electrons. The zero-order valence-electron chi connectivity index (χ0n) is 15.5. The van der Waals surface area contributed by atoms with Crippen molar-refractivity contribution in [2.24, 2.45) is 0 Å². The van der Waals surface area contributed by atoms with Crippen molar-refractivity contribution in [3.05, 3.63) is 66.1 Å². The number of aromatic nitrogens is 4. The van der Waals surface area contributed by atoms with Gasteiger partial charge in [0.2, 0.25) is 0 Å². The third kappa shape index (κ3) is 2.91. The number of hydrogen-bond acceptors (Lipinski definition) is 4. The molecule has 8 heteroatoms. The van der Waals surface area contributed by atoms with Gasteiger partial charge in [0, 0.05) is 29.6 Å². The second-order valence-electron chi connectivity index (χ2n) is 6.72. The highest BCUT2D eigenvalue weighted by molar-refractivity contribution is 5.89. The van der Waals surface area contributed by atoms with Crippen molar-refractivity contribution in [3.8, 4) is 28.5 Å². The van der Waals surface area contributed by atoms with E-state index in [9.17, 15) is 4.39 Å². The molecule has 0 spiro atoms. The molecule has 4 aromatic rings. The van der Waals surface area contributed by atoms with Gasteiger partial charge >= 0.3 is 0 Å². The van der Waals surface area contributed by atoms with Crippen LogP contribution in [-0.2, 0) is 0 Å². The van der Waals surface area contributed by atoms with Crippen LogP contribution in [0.2, 0.25) is 0 Å². The molecule has 0 aliphatic carbocycles. The average molecular weight is 393 g/mol. The number of imidazole rings is 1. The Morgan fingerprint density at radius 3 is 2.45 bits per heavy atom. The minimum atomic E-state index is -1.54. The van der Waals surface area contributed by atoms with E-state index in [1.165, 1.54) is 24.7 Å². The molecular formula is C21H14F3N5. The van der Waals surface area contributed by atoms with Gasteiger partial charge in [0.1, 0.15) is 11.6 Å². The molecule has 0 saturated heterocycles. The van der Waals surface area contributed by atoms with Crippen LogP contribution in [0.3, 0.4) is 0 Å². The summed E-state index contributed by atoms with van der Waals surface area (Å²) >= 11 is 0. The van der Waals surface area contributed by atoms with Crippen LogP contribution < -0.4 is 0 Å². The molecule has 0 bridgehead atoms. The van der Waals surface area contributed by atoms with Crippen molar-refractivity contribution in [3.63, 3.8) is 0 Å². The average Bonchev–Trinajstić information content (AvgIpc) is 3.15. The summed E-state index contributed by atoms with van der Waals surface area (Å²) in [7, 11) is 0. The second-order valence-corrected chi connectivity index (χ2v) is 6.72. The molecule has 0 saturated carbocycles. The molecule has 0 fully saturated rings. The predicted molar refractivity (Wildman–Crippen MR) is 101 cm³/mol. The molecule has 0 atom stereocenters. The van der Waals surface area contributed by atoms with Crippen molar-refractivity contribution in [1.29, 1.82) is 5.26 Å². The number of nitriles is 1. The van der Waals surface area contributed by atoms with Crippen LogP contribution in [-0.4, -0.2) is 19.5 Å². The van der Waals surface area contributed by atoms with Crippen LogP contribution >= 0.6 is 0 Å².